The lowest BCUT2D eigenvalue weighted by Gasteiger charge is -2.33. The molecule has 2 aliphatic rings. The van der Waals surface area contributed by atoms with Crippen molar-refractivity contribution in [2.45, 2.75) is 37.1 Å². The fourth-order valence-electron chi connectivity index (χ4n) is 4.44. The smallest absolute Gasteiger partial charge is 0.337 e. The molecule has 0 N–H and O–H groups in total. The summed E-state index contributed by atoms with van der Waals surface area (Å²) >= 11 is 0. The second-order valence-electron chi connectivity index (χ2n) is 7.89. The molecule has 1 fully saturated rings. The Bertz CT molecular complexity index is 1080. The largest absolute Gasteiger partial charge is 0.416 e. The van der Waals surface area contributed by atoms with E-state index in [1.165, 1.54) is 12.1 Å². The Morgan fingerprint density at radius 3 is 2.50 bits per heavy atom. The van der Waals surface area contributed by atoms with Gasteiger partial charge < -0.3 is 4.90 Å². The van der Waals surface area contributed by atoms with Gasteiger partial charge in [-0.1, -0.05) is 18.2 Å². The molecule has 162 valence electrons. The Balaban J connectivity index is 1.52. The third-order valence-electron chi connectivity index (χ3n) is 5.98. The summed E-state index contributed by atoms with van der Waals surface area (Å²) in [6, 6.07) is 5.57. The molecule has 1 amide bonds. The number of halogens is 3. The molecule has 4 rings (SSSR count). The second-order valence-corrected chi connectivity index (χ2v) is 10.1. The molecular formula is C20H22F3N3O3S. The van der Waals surface area contributed by atoms with Crippen LogP contribution in [-0.4, -0.2) is 47.8 Å². The monoisotopic (exact) mass is 441 g/mol. The lowest BCUT2D eigenvalue weighted by Crippen LogP contribution is -2.39. The van der Waals surface area contributed by atoms with E-state index in [0.29, 0.717) is 37.9 Å². The molecule has 1 aromatic carbocycles. The van der Waals surface area contributed by atoms with Gasteiger partial charge in [0.1, 0.15) is 0 Å². The Hall–Kier alpha value is -2.36. The zero-order valence-electron chi connectivity index (χ0n) is 16.4. The van der Waals surface area contributed by atoms with E-state index in [-0.39, 0.29) is 34.6 Å². The first-order valence-electron chi connectivity index (χ1n) is 9.77. The predicted molar refractivity (Wildman–Crippen MR) is 104 cm³/mol. The van der Waals surface area contributed by atoms with Crippen molar-refractivity contribution in [3.05, 3.63) is 52.3 Å². The number of likely N-dealkylation sites (tertiary alicyclic amines) is 1. The van der Waals surface area contributed by atoms with Crippen LogP contribution in [0.4, 0.5) is 13.2 Å². The average molecular weight is 441 g/mol. The fourth-order valence-corrected chi connectivity index (χ4v) is 5.83. The predicted octanol–water partition coefficient (Wildman–Crippen LogP) is 2.93. The number of aryl methyl sites for hydroxylation is 1. The van der Waals surface area contributed by atoms with Crippen molar-refractivity contribution < 1.29 is 26.4 Å². The third-order valence-corrected chi connectivity index (χ3v) is 7.53. The number of piperidine rings is 1. The SMILES string of the molecule is Cn1nc(C(=O)N2CCC(c3ccccc3C(F)(F)F)CC2)c2c1CCS(=O)(=O)C2. The van der Waals surface area contributed by atoms with Gasteiger partial charge in [-0.3, -0.25) is 9.48 Å². The number of benzene rings is 1. The number of amides is 1. The van der Waals surface area contributed by atoms with Crippen molar-refractivity contribution in [1.29, 1.82) is 0 Å². The summed E-state index contributed by atoms with van der Waals surface area (Å²) in [6.45, 7) is 0.599. The third kappa shape index (κ3) is 3.84. The van der Waals surface area contributed by atoms with Crippen LogP contribution in [0, 0.1) is 0 Å². The van der Waals surface area contributed by atoms with Gasteiger partial charge in [0.2, 0.25) is 0 Å². The molecule has 0 aliphatic carbocycles. The standard InChI is InChI=1S/C20H22F3N3O3S/c1-25-17-8-11-30(28,29)12-15(17)18(24-25)19(27)26-9-6-13(7-10-26)14-4-2-3-5-16(14)20(21,22)23/h2-5,13H,6-12H2,1H3. The van der Waals surface area contributed by atoms with Gasteiger partial charge >= 0.3 is 6.18 Å². The summed E-state index contributed by atoms with van der Waals surface area (Å²) in [5.41, 5.74) is 0.988. The Labute approximate surface area is 172 Å². The average Bonchev–Trinajstić information content (AvgIpc) is 3.01. The van der Waals surface area contributed by atoms with Gasteiger partial charge in [0.05, 0.1) is 17.1 Å². The highest BCUT2D eigenvalue weighted by atomic mass is 32.2. The number of alkyl halides is 3. The van der Waals surface area contributed by atoms with E-state index in [0.717, 1.165) is 11.8 Å². The number of nitrogens with zero attached hydrogens (tertiary/aromatic N) is 3. The summed E-state index contributed by atoms with van der Waals surface area (Å²) in [5.74, 6) is -0.805. The minimum Gasteiger partial charge on any atom is -0.337 e. The number of fused-ring (bicyclic) bond motifs is 1. The first-order chi connectivity index (χ1) is 14.1. The van der Waals surface area contributed by atoms with Gasteiger partial charge in [0.25, 0.3) is 5.91 Å². The molecule has 30 heavy (non-hydrogen) atoms. The van der Waals surface area contributed by atoms with E-state index in [9.17, 15) is 26.4 Å². The molecule has 0 radical (unpaired) electrons. The molecule has 0 spiro atoms. The summed E-state index contributed by atoms with van der Waals surface area (Å²) in [4.78, 5) is 14.6. The van der Waals surface area contributed by atoms with Gasteiger partial charge in [0.15, 0.2) is 15.5 Å². The van der Waals surface area contributed by atoms with Crippen molar-refractivity contribution in [2.75, 3.05) is 18.8 Å². The van der Waals surface area contributed by atoms with Crippen LogP contribution in [0.15, 0.2) is 24.3 Å². The summed E-state index contributed by atoms with van der Waals surface area (Å²) in [5, 5.41) is 4.27. The van der Waals surface area contributed by atoms with Crippen LogP contribution in [0.2, 0.25) is 0 Å². The molecule has 3 heterocycles. The molecule has 0 bridgehead atoms. The van der Waals surface area contributed by atoms with Crippen LogP contribution in [0.25, 0.3) is 0 Å². The molecular weight excluding hydrogens is 419 g/mol. The molecule has 0 unspecified atom stereocenters. The van der Waals surface area contributed by atoms with Crippen LogP contribution in [0.5, 0.6) is 0 Å². The topological polar surface area (TPSA) is 72.3 Å². The molecule has 6 nitrogen and oxygen atoms in total. The fraction of sp³-hybridized carbons (Fsp3) is 0.500. The van der Waals surface area contributed by atoms with E-state index in [4.69, 9.17) is 0 Å². The van der Waals surface area contributed by atoms with E-state index < -0.39 is 21.6 Å². The highest BCUT2D eigenvalue weighted by Gasteiger charge is 2.37. The maximum atomic E-state index is 13.3. The molecule has 1 saturated heterocycles. The lowest BCUT2D eigenvalue weighted by molar-refractivity contribution is -0.138. The van der Waals surface area contributed by atoms with Crippen LogP contribution in [0.3, 0.4) is 0 Å². The van der Waals surface area contributed by atoms with Crippen molar-refractivity contribution in [3.63, 3.8) is 0 Å². The molecule has 0 saturated carbocycles. The zero-order valence-corrected chi connectivity index (χ0v) is 17.3. The first kappa shape index (κ1) is 20.9. The quantitative estimate of drug-likeness (QED) is 0.719. The van der Waals surface area contributed by atoms with Crippen LogP contribution >= 0.6 is 0 Å². The normalized spacial score (nSPS) is 19.5. The highest BCUT2D eigenvalue weighted by molar-refractivity contribution is 7.90. The maximum Gasteiger partial charge on any atom is 0.416 e. The molecule has 2 aliphatic heterocycles. The number of rotatable bonds is 2. The number of carbonyl (C=O) groups excluding carboxylic acids is 1. The summed E-state index contributed by atoms with van der Waals surface area (Å²) in [7, 11) is -1.58. The van der Waals surface area contributed by atoms with Gasteiger partial charge in [0, 0.05) is 37.8 Å². The van der Waals surface area contributed by atoms with Crippen molar-refractivity contribution >= 4 is 15.7 Å². The van der Waals surface area contributed by atoms with Gasteiger partial charge in [-0.15, -0.1) is 0 Å². The number of hydrogen-bond donors (Lipinski definition) is 0. The highest BCUT2D eigenvalue weighted by Crippen LogP contribution is 2.39. The lowest BCUT2D eigenvalue weighted by atomic mass is 9.86. The van der Waals surface area contributed by atoms with Gasteiger partial charge in [-0.2, -0.15) is 18.3 Å². The number of aromatic nitrogens is 2. The Morgan fingerprint density at radius 1 is 1.17 bits per heavy atom. The van der Waals surface area contributed by atoms with Crippen LogP contribution in [0.1, 0.15) is 51.6 Å². The van der Waals surface area contributed by atoms with E-state index in [2.05, 4.69) is 5.10 Å². The van der Waals surface area contributed by atoms with Crippen molar-refractivity contribution in [3.8, 4) is 0 Å². The van der Waals surface area contributed by atoms with E-state index in [1.807, 2.05) is 0 Å². The maximum absolute atomic E-state index is 13.3. The van der Waals surface area contributed by atoms with E-state index >= 15 is 0 Å². The summed E-state index contributed by atoms with van der Waals surface area (Å²) < 4.78 is 65.6. The number of sulfone groups is 1. The van der Waals surface area contributed by atoms with Crippen LogP contribution < -0.4 is 0 Å². The molecule has 2 aromatic rings. The molecule has 0 atom stereocenters. The van der Waals surface area contributed by atoms with Crippen molar-refractivity contribution in [2.24, 2.45) is 7.05 Å². The van der Waals surface area contributed by atoms with Crippen molar-refractivity contribution in [1.82, 2.24) is 14.7 Å². The number of hydrogen-bond acceptors (Lipinski definition) is 4. The Morgan fingerprint density at radius 2 is 1.83 bits per heavy atom. The van der Waals surface area contributed by atoms with Crippen LogP contribution in [-0.2, 0) is 35.2 Å². The molecule has 1 aromatic heterocycles. The molecule has 10 heteroatoms. The summed E-state index contributed by atoms with van der Waals surface area (Å²) in [6.07, 6.45) is -3.27. The van der Waals surface area contributed by atoms with Gasteiger partial charge in [-0.25, -0.2) is 8.42 Å². The van der Waals surface area contributed by atoms with E-state index in [1.54, 1.807) is 22.7 Å². The first-order valence-corrected chi connectivity index (χ1v) is 11.6. The Kier molecular flexibility index (Phi) is 5.16. The number of carbonyl (C=O) groups is 1. The zero-order chi connectivity index (χ0) is 21.7. The minimum absolute atomic E-state index is 0.0389. The second kappa shape index (κ2) is 7.40. The minimum atomic E-state index is -4.41. The van der Waals surface area contributed by atoms with Gasteiger partial charge in [-0.05, 0) is 30.4 Å².